The first-order valence-electron chi connectivity index (χ1n) is 6.95. The molecule has 1 aliphatic rings. The van der Waals surface area contributed by atoms with E-state index in [1.807, 2.05) is 6.92 Å². The maximum atomic E-state index is 12.3. The van der Waals surface area contributed by atoms with Crippen LogP contribution in [0.15, 0.2) is 23.1 Å². The number of hydrogen-bond donors (Lipinski definition) is 2. The monoisotopic (exact) mass is 313 g/mol. The van der Waals surface area contributed by atoms with Crippen LogP contribution in [0.1, 0.15) is 31.7 Å². The standard InChI is InChI=1S/C14H19NO5S/c1-2-3-4-12(14(16)17)15-21(18,19)11-5-6-13-10(9-11)7-8-20-13/h5-6,9,12,15H,2-4,7-8H2,1H3,(H,16,17)/t12-/m0/s1. The first-order valence-corrected chi connectivity index (χ1v) is 8.43. The number of carbonyl (C=O) groups is 1. The van der Waals surface area contributed by atoms with E-state index in [2.05, 4.69) is 4.72 Å². The van der Waals surface area contributed by atoms with E-state index in [9.17, 15) is 13.2 Å². The minimum Gasteiger partial charge on any atom is -0.493 e. The Morgan fingerprint density at radius 2 is 2.24 bits per heavy atom. The molecule has 0 unspecified atom stereocenters. The van der Waals surface area contributed by atoms with Crippen molar-refractivity contribution >= 4 is 16.0 Å². The van der Waals surface area contributed by atoms with Gasteiger partial charge in [0.05, 0.1) is 11.5 Å². The largest absolute Gasteiger partial charge is 0.493 e. The molecule has 0 amide bonds. The second kappa shape index (κ2) is 6.44. The minimum atomic E-state index is -3.84. The summed E-state index contributed by atoms with van der Waals surface area (Å²) in [5.41, 5.74) is 0.832. The van der Waals surface area contributed by atoms with Gasteiger partial charge in [-0.25, -0.2) is 8.42 Å². The average Bonchev–Trinajstić information content (AvgIpc) is 2.90. The number of aliphatic carboxylic acids is 1. The number of sulfonamides is 1. The van der Waals surface area contributed by atoms with Crippen molar-refractivity contribution in [1.82, 2.24) is 4.72 Å². The molecule has 0 saturated carbocycles. The Bertz CT molecular complexity index is 626. The number of ether oxygens (including phenoxy) is 1. The van der Waals surface area contributed by atoms with Crippen LogP contribution in [0.5, 0.6) is 5.75 Å². The molecule has 1 aromatic rings. The number of unbranched alkanes of at least 4 members (excludes halogenated alkanes) is 1. The summed E-state index contributed by atoms with van der Waals surface area (Å²) in [6.07, 6.45) is 2.40. The van der Waals surface area contributed by atoms with Gasteiger partial charge in [-0.1, -0.05) is 19.8 Å². The summed E-state index contributed by atoms with van der Waals surface area (Å²) in [5, 5.41) is 9.12. The Labute approximate surface area is 124 Å². The fraction of sp³-hybridized carbons (Fsp3) is 0.500. The van der Waals surface area contributed by atoms with Crippen molar-refractivity contribution in [2.45, 2.75) is 43.5 Å². The lowest BCUT2D eigenvalue weighted by atomic mass is 10.1. The number of hydrogen-bond acceptors (Lipinski definition) is 4. The third-order valence-electron chi connectivity index (χ3n) is 3.41. The molecule has 0 spiro atoms. The lowest BCUT2D eigenvalue weighted by Gasteiger charge is -2.14. The van der Waals surface area contributed by atoms with Gasteiger partial charge < -0.3 is 9.84 Å². The van der Waals surface area contributed by atoms with Gasteiger partial charge in [0.15, 0.2) is 0 Å². The van der Waals surface area contributed by atoms with Crippen LogP contribution in [-0.2, 0) is 21.2 Å². The van der Waals surface area contributed by atoms with Crippen LogP contribution in [0, 0.1) is 0 Å². The first-order chi connectivity index (χ1) is 9.94. The molecule has 1 aromatic carbocycles. The van der Waals surface area contributed by atoms with Crippen LogP contribution in [0.4, 0.5) is 0 Å². The summed E-state index contributed by atoms with van der Waals surface area (Å²) < 4.78 is 32.2. The highest BCUT2D eigenvalue weighted by Gasteiger charge is 2.26. The van der Waals surface area contributed by atoms with Gasteiger partial charge >= 0.3 is 5.97 Å². The van der Waals surface area contributed by atoms with E-state index in [1.165, 1.54) is 6.07 Å². The van der Waals surface area contributed by atoms with E-state index in [0.29, 0.717) is 25.2 Å². The molecule has 0 aromatic heterocycles. The molecule has 1 heterocycles. The van der Waals surface area contributed by atoms with Crippen molar-refractivity contribution in [3.05, 3.63) is 23.8 Å². The predicted octanol–water partition coefficient (Wildman–Crippen LogP) is 1.54. The van der Waals surface area contributed by atoms with Crippen LogP contribution >= 0.6 is 0 Å². The molecular weight excluding hydrogens is 294 g/mol. The molecule has 0 fully saturated rings. The summed E-state index contributed by atoms with van der Waals surface area (Å²) in [6, 6.07) is 3.49. The Hall–Kier alpha value is -1.60. The third kappa shape index (κ3) is 3.74. The summed E-state index contributed by atoms with van der Waals surface area (Å²) >= 11 is 0. The van der Waals surface area contributed by atoms with Crippen molar-refractivity contribution in [2.24, 2.45) is 0 Å². The number of carboxylic acid groups (broad SMARTS) is 1. The second-order valence-electron chi connectivity index (χ2n) is 5.02. The fourth-order valence-corrected chi connectivity index (χ4v) is 3.50. The quantitative estimate of drug-likeness (QED) is 0.796. The Balaban J connectivity index is 2.18. The molecule has 2 rings (SSSR count). The zero-order chi connectivity index (χ0) is 15.5. The molecule has 2 N–H and O–H groups in total. The molecule has 0 saturated heterocycles. The van der Waals surface area contributed by atoms with Gasteiger partial charge in [-0.05, 0) is 30.2 Å². The van der Waals surface area contributed by atoms with Crippen molar-refractivity contribution in [2.75, 3.05) is 6.61 Å². The average molecular weight is 313 g/mol. The van der Waals surface area contributed by atoms with Gasteiger partial charge in [0.2, 0.25) is 10.0 Å². The van der Waals surface area contributed by atoms with Gasteiger partial charge in [-0.3, -0.25) is 4.79 Å². The van der Waals surface area contributed by atoms with E-state index < -0.39 is 22.0 Å². The molecule has 7 heteroatoms. The molecule has 0 bridgehead atoms. The fourth-order valence-electron chi connectivity index (χ4n) is 2.23. The van der Waals surface area contributed by atoms with Crippen LogP contribution < -0.4 is 9.46 Å². The predicted molar refractivity (Wildman–Crippen MR) is 76.9 cm³/mol. The van der Waals surface area contributed by atoms with Crippen molar-refractivity contribution in [3.8, 4) is 5.75 Å². The highest BCUT2D eigenvalue weighted by atomic mass is 32.2. The Kier molecular flexibility index (Phi) is 4.84. The van der Waals surface area contributed by atoms with Gasteiger partial charge in [0.25, 0.3) is 0 Å². The molecule has 21 heavy (non-hydrogen) atoms. The van der Waals surface area contributed by atoms with Crippen molar-refractivity contribution in [1.29, 1.82) is 0 Å². The second-order valence-corrected chi connectivity index (χ2v) is 6.74. The molecule has 6 nitrogen and oxygen atoms in total. The van der Waals surface area contributed by atoms with Crippen molar-refractivity contribution in [3.63, 3.8) is 0 Å². The van der Waals surface area contributed by atoms with E-state index in [4.69, 9.17) is 9.84 Å². The van der Waals surface area contributed by atoms with E-state index in [1.54, 1.807) is 12.1 Å². The highest BCUT2D eigenvalue weighted by Crippen LogP contribution is 2.27. The summed E-state index contributed by atoms with van der Waals surface area (Å²) in [6.45, 7) is 2.47. The van der Waals surface area contributed by atoms with Crippen LogP contribution in [0.25, 0.3) is 0 Å². The summed E-state index contributed by atoms with van der Waals surface area (Å²) in [4.78, 5) is 11.2. The van der Waals surface area contributed by atoms with Crippen LogP contribution in [0.2, 0.25) is 0 Å². The normalized spacial score (nSPS) is 15.3. The maximum Gasteiger partial charge on any atom is 0.321 e. The number of fused-ring (bicyclic) bond motifs is 1. The van der Waals surface area contributed by atoms with Crippen molar-refractivity contribution < 1.29 is 23.1 Å². The topological polar surface area (TPSA) is 92.7 Å². The molecule has 0 radical (unpaired) electrons. The number of benzene rings is 1. The summed E-state index contributed by atoms with van der Waals surface area (Å²) in [7, 11) is -3.84. The number of carboxylic acids is 1. The van der Waals surface area contributed by atoms with Gasteiger partial charge in [0.1, 0.15) is 11.8 Å². The third-order valence-corrected chi connectivity index (χ3v) is 4.88. The van der Waals surface area contributed by atoms with Crippen LogP contribution in [-0.4, -0.2) is 32.1 Å². The van der Waals surface area contributed by atoms with Crippen LogP contribution in [0.3, 0.4) is 0 Å². The van der Waals surface area contributed by atoms with Gasteiger partial charge in [-0.15, -0.1) is 0 Å². The zero-order valence-electron chi connectivity index (χ0n) is 11.8. The minimum absolute atomic E-state index is 0.0782. The molecule has 1 atom stereocenters. The van der Waals surface area contributed by atoms with Gasteiger partial charge in [0, 0.05) is 6.42 Å². The first kappa shape index (κ1) is 15.8. The SMILES string of the molecule is CCCC[C@H](NS(=O)(=O)c1ccc2c(c1)CCO2)C(=O)O. The van der Waals surface area contributed by atoms with E-state index in [-0.39, 0.29) is 11.3 Å². The molecule has 116 valence electrons. The molecule has 1 aliphatic heterocycles. The zero-order valence-corrected chi connectivity index (χ0v) is 12.6. The molecule has 0 aliphatic carbocycles. The maximum absolute atomic E-state index is 12.3. The Morgan fingerprint density at radius 1 is 1.48 bits per heavy atom. The van der Waals surface area contributed by atoms with E-state index in [0.717, 1.165) is 12.0 Å². The highest BCUT2D eigenvalue weighted by molar-refractivity contribution is 7.89. The lowest BCUT2D eigenvalue weighted by Crippen LogP contribution is -2.40. The summed E-state index contributed by atoms with van der Waals surface area (Å²) in [5.74, 6) is -0.466. The number of rotatable bonds is 7. The van der Waals surface area contributed by atoms with E-state index >= 15 is 0 Å². The van der Waals surface area contributed by atoms with Gasteiger partial charge in [-0.2, -0.15) is 4.72 Å². The lowest BCUT2D eigenvalue weighted by molar-refractivity contribution is -0.139. The molecular formula is C14H19NO5S. The smallest absolute Gasteiger partial charge is 0.321 e. The Morgan fingerprint density at radius 3 is 2.90 bits per heavy atom. The number of nitrogens with one attached hydrogen (secondary N) is 1.